The number of nitrogens with one attached hydrogen (secondary N) is 1. The third-order valence-corrected chi connectivity index (χ3v) is 3.05. The van der Waals surface area contributed by atoms with Crippen molar-refractivity contribution in [1.29, 1.82) is 0 Å². The molecule has 0 aliphatic carbocycles. The largest absolute Gasteiger partial charge is 0.313 e. The molecule has 0 saturated heterocycles. The fourth-order valence-corrected chi connectivity index (χ4v) is 2.01. The number of amides is 1. The van der Waals surface area contributed by atoms with Crippen LogP contribution in [0.5, 0.6) is 0 Å². The lowest BCUT2D eigenvalue weighted by Gasteiger charge is -2.08. The maximum Gasteiger partial charge on any atom is 0.256 e. The molecule has 6 heteroatoms. The van der Waals surface area contributed by atoms with Gasteiger partial charge in [0.1, 0.15) is 6.33 Å². The van der Waals surface area contributed by atoms with E-state index in [0.717, 1.165) is 0 Å². The summed E-state index contributed by atoms with van der Waals surface area (Å²) in [6.07, 6.45) is 9.83. The van der Waals surface area contributed by atoms with Gasteiger partial charge in [0.2, 0.25) is 0 Å². The molecule has 1 N–H and O–H groups in total. The third kappa shape index (κ3) is 3.11. The first-order valence-electron chi connectivity index (χ1n) is 7.02. The normalized spacial score (nSPS) is 12.3. The molecule has 0 atom stereocenters. The Hall–Kier alpha value is -2.76. The van der Waals surface area contributed by atoms with Crippen LogP contribution in [0, 0.1) is 0 Å². The first kappa shape index (κ1) is 15.6. The SMILES string of the molecule is C=C/C=C(\C=C/C)C(=O)Nc1ncnc2c1ncn2C(C)C. The number of fused-ring (bicyclic) bond motifs is 1. The second kappa shape index (κ2) is 6.80. The number of rotatable bonds is 5. The van der Waals surface area contributed by atoms with E-state index in [2.05, 4.69) is 26.8 Å². The molecule has 114 valence electrons. The number of hydrogen-bond acceptors (Lipinski definition) is 4. The fourth-order valence-electron chi connectivity index (χ4n) is 2.01. The molecule has 2 aromatic heterocycles. The molecule has 1 amide bonds. The number of aromatic nitrogens is 4. The highest BCUT2D eigenvalue weighted by Gasteiger charge is 2.14. The second-order valence-corrected chi connectivity index (χ2v) is 4.95. The monoisotopic (exact) mass is 297 g/mol. The molecule has 0 saturated carbocycles. The van der Waals surface area contributed by atoms with E-state index in [4.69, 9.17) is 0 Å². The van der Waals surface area contributed by atoms with Crippen LogP contribution >= 0.6 is 0 Å². The highest BCUT2D eigenvalue weighted by molar-refractivity contribution is 6.08. The Kier molecular flexibility index (Phi) is 4.83. The Morgan fingerprint density at radius 1 is 1.36 bits per heavy atom. The van der Waals surface area contributed by atoms with E-state index >= 15 is 0 Å². The van der Waals surface area contributed by atoms with Crippen LogP contribution in [-0.4, -0.2) is 25.4 Å². The molecule has 0 spiro atoms. The number of allylic oxidation sites excluding steroid dienone is 3. The minimum Gasteiger partial charge on any atom is -0.313 e. The van der Waals surface area contributed by atoms with Gasteiger partial charge in [-0.3, -0.25) is 4.79 Å². The summed E-state index contributed by atoms with van der Waals surface area (Å²) in [5.41, 5.74) is 1.76. The molecule has 0 radical (unpaired) electrons. The van der Waals surface area contributed by atoms with Crippen molar-refractivity contribution >= 4 is 22.9 Å². The molecule has 22 heavy (non-hydrogen) atoms. The van der Waals surface area contributed by atoms with E-state index in [0.29, 0.717) is 22.6 Å². The summed E-state index contributed by atoms with van der Waals surface area (Å²) in [7, 11) is 0. The van der Waals surface area contributed by atoms with Crippen LogP contribution in [0.4, 0.5) is 5.82 Å². The molecular formula is C16H19N5O. The first-order chi connectivity index (χ1) is 10.6. The fraction of sp³-hybridized carbons (Fsp3) is 0.250. The molecule has 0 unspecified atom stereocenters. The van der Waals surface area contributed by atoms with Gasteiger partial charge >= 0.3 is 0 Å². The summed E-state index contributed by atoms with van der Waals surface area (Å²) in [4.78, 5) is 25.0. The minimum atomic E-state index is -0.267. The summed E-state index contributed by atoms with van der Waals surface area (Å²) < 4.78 is 1.93. The molecule has 2 heterocycles. The van der Waals surface area contributed by atoms with Gasteiger partial charge in [-0.2, -0.15) is 0 Å². The summed E-state index contributed by atoms with van der Waals surface area (Å²) in [5, 5.41) is 2.77. The quantitative estimate of drug-likeness (QED) is 0.680. The molecule has 0 bridgehead atoms. The smallest absolute Gasteiger partial charge is 0.256 e. The van der Waals surface area contributed by atoms with Crippen LogP contribution < -0.4 is 5.32 Å². The predicted octanol–water partition coefficient (Wildman–Crippen LogP) is 3.03. The van der Waals surface area contributed by atoms with Crippen molar-refractivity contribution in [2.24, 2.45) is 0 Å². The van der Waals surface area contributed by atoms with Gasteiger partial charge in [-0.1, -0.05) is 30.9 Å². The van der Waals surface area contributed by atoms with Crippen LogP contribution in [0.2, 0.25) is 0 Å². The van der Waals surface area contributed by atoms with Crippen molar-refractivity contribution in [1.82, 2.24) is 19.5 Å². The lowest BCUT2D eigenvalue weighted by Crippen LogP contribution is -2.15. The van der Waals surface area contributed by atoms with E-state index in [9.17, 15) is 4.79 Å². The Morgan fingerprint density at radius 3 is 2.77 bits per heavy atom. The van der Waals surface area contributed by atoms with Gasteiger partial charge in [0, 0.05) is 11.6 Å². The van der Waals surface area contributed by atoms with Crippen molar-refractivity contribution < 1.29 is 4.79 Å². The Bertz CT molecular complexity index is 755. The first-order valence-corrected chi connectivity index (χ1v) is 7.02. The number of nitrogens with zero attached hydrogens (tertiary/aromatic N) is 4. The standard InChI is InChI=1S/C16H19N5O/c1-5-7-12(8-6-2)16(22)20-14-13-15(18-9-17-14)21(10-19-13)11(3)4/h5-11H,1H2,2-4H3,(H,17,18,20,22)/b8-6-,12-7+. The van der Waals surface area contributed by atoms with Gasteiger partial charge < -0.3 is 9.88 Å². The lowest BCUT2D eigenvalue weighted by molar-refractivity contribution is -0.112. The predicted molar refractivity (Wildman–Crippen MR) is 87.4 cm³/mol. The van der Waals surface area contributed by atoms with Crippen molar-refractivity contribution in [3.8, 4) is 0 Å². The minimum absolute atomic E-state index is 0.225. The molecule has 6 nitrogen and oxygen atoms in total. The average Bonchev–Trinajstić information content (AvgIpc) is 2.92. The van der Waals surface area contributed by atoms with Crippen molar-refractivity contribution in [2.45, 2.75) is 26.8 Å². The highest BCUT2D eigenvalue weighted by Crippen LogP contribution is 2.20. The summed E-state index contributed by atoms with van der Waals surface area (Å²) in [5.74, 6) is 0.131. The van der Waals surface area contributed by atoms with Crippen LogP contribution in [-0.2, 0) is 4.79 Å². The molecule has 2 aromatic rings. The van der Waals surface area contributed by atoms with E-state index in [1.54, 1.807) is 30.6 Å². The van der Waals surface area contributed by atoms with Gasteiger partial charge in [0.05, 0.1) is 6.33 Å². The molecule has 0 fully saturated rings. The van der Waals surface area contributed by atoms with Gasteiger partial charge in [0.25, 0.3) is 5.91 Å². The Labute approximate surface area is 129 Å². The maximum absolute atomic E-state index is 12.3. The zero-order valence-corrected chi connectivity index (χ0v) is 12.9. The number of anilines is 1. The van der Waals surface area contributed by atoms with Crippen LogP contribution in [0.15, 0.2) is 49.1 Å². The third-order valence-electron chi connectivity index (χ3n) is 3.05. The molecular weight excluding hydrogens is 278 g/mol. The molecule has 0 aliphatic heterocycles. The van der Waals surface area contributed by atoms with Crippen LogP contribution in [0.1, 0.15) is 26.8 Å². The lowest BCUT2D eigenvalue weighted by atomic mass is 10.2. The second-order valence-electron chi connectivity index (χ2n) is 4.95. The summed E-state index contributed by atoms with van der Waals surface area (Å²) >= 11 is 0. The average molecular weight is 297 g/mol. The van der Waals surface area contributed by atoms with Crippen LogP contribution in [0.3, 0.4) is 0 Å². The molecule has 0 aromatic carbocycles. The zero-order chi connectivity index (χ0) is 16.1. The van der Waals surface area contributed by atoms with Crippen molar-refractivity contribution in [2.75, 3.05) is 5.32 Å². The summed E-state index contributed by atoms with van der Waals surface area (Å²) in [6.45, 7) is 9.54. The van der Waals surface area contributed by atoms with Gasteiger partial charge in [-0.25, -0.2) is 15.0 Å². The van der Waals surface area contributed by atoms with Gasteiger partial charge in [-0.05, 0) is 20.8 Å². The molecule has 0 aliphatic rings. The Balaban J connectivity index is 2.38. The number of hydrogen-bond donors (Lipinski definition) is 1. The van der Waals surface area contributed by atoms with Gasteiger partial charge in [0.15, 0.2) is 17.0 Å². The van der Waals surface area contributed by atoms with E-state index in [1.165, 1.54) is 6.33 Å². The highest BCUT2D eigenvalue weighted by atomic mass is 16.1. The number of carbonyl (C=O) groups is 1. The number of imidazole rings is 1. The van der Waals surface area contributed by atoms with Gasteiger partial charge in [-0.15, -0.1) is 0 Å². The van der Waals surface area contributed by atoms with Crippen LogP contribution in [0.25, 0.3) is 11.2 Å². The maximum atomic E-state index is 12.3. The number of carbonyl (C=O) groups excluding carboxylic acids is 1. The van der Waals surface area contributed by atoms with Crippen molar-refractivity contribution in [3.63, 3.8) is 0 Å². The molecule has 2 rings (SSSR count). The van der Waals surface area contributed by atoms with E-state index in [-0.39, 0.29) is 11.9 Å². The topological polar surface area (TPSA) is 72.7 Å². The van der Waals surface area contributed by atoms with E-state index in [1.807, 2.05) is 25.3 Å². The van der Waals surface area contributed by atoms with E-state index < -0.39 is 0 Å². The Morgan fingerprint density at radius 2 is 2.14 bits per heavy atom. The summed E-state index contributed by atoms with van der Waals surface area (Å²) in [6, 6.07) is 0.225. The zero-order valence-electron chi connectivity index (χ0n) is 12.9. The van der Waals surface area contributed by atoms with Crippen molar-refractivity contribution in [3.05, 3.63) is 49.1 Å².